The van der Waals surface area contributed by atoms with Crippen LogP contribution in [0.25, 0.3) is 11.0 Å². The van der Waals surface area contributed by atoms with E-state index in [4.69, 9.17) is 9.52 Å². The van der Waals surface area contributed by atoms with E-state index in [9.17, 15) is 14.4 Å². The van der Waals surface area contributed by atoms with Crippen LogP contribution in [0.4, 0.5) is 0 Å². The van der Waals surface area contributed by atoms with E-state index in [1.165, 1.54) is 6.07 Å². The van der Waals surface area contributed by atoms with E-state index in [0.29, 0.717) is 11.0 Å². The number of carboxylic acid groups (broad SMARTS) is 1. The zero-order chi connectivity index (χ0) is 14.7. The molecule has 0 aliphatic carbocycles. The molecule has 1 heterocycles. The van der Waals surface area contributed by atoms with E-state index in [1.54, 1.807) is 31.2 Å². The lowest BCUT2D eigenvalue weighted by atomic mass is 10.1. The van der Waals surface area contributed by atoms with E-state index >= 15 is 0 Å². The fraction of sp³-hybridized carbons (Fsp3) is 0.214. The van der Waals surface area contributed by atoms with Gasteiger partial charge in [0.1, 0.15) is 17.2 Å². The summed E-state index contributed by atoms with van der Waals surface area (Å²) in [4.78, 5) is 34.6. The maximum absolute atomic E-state index is 11.9. The number of rotatable bonds is 4. The third kappa shape index (κ3) is 2.69. The summed E-state index contributed by atoms with van der Waals surface area (Å²) < 4.78 is 5.03. The van der Waals surface area contributed by atoms with E-state index in [2.05, 4.69) is 5.32 Å². The number of amides is 1. The van der Waals surface area contributed by atoms with Crippen molar-refractivity contribution in [1.29, 1.82) is 0 Å². The highest BCUT2D eigenvalue weighted by atomic mass is 16.4. The molecule has 0 aliphatic rings. The second kappa shape index (κ2) is 5.56. The Bertz CT molecular complexity index is 719. The first-order chi connectivity index (χ1) is 9.52. The first kappa shape index (κ1) is 13.8. The molecule has 6 nitrogen and oxygen atoms in total. The number of aliphatic carboxylic acids is 1. The summed E-state index contributed by atoms with van der Waals surface area (Å²) in [5, 5.41) is 11.8. The average molecular weight is 275 g/mol. The molecule has 0 radical (unpaired) electrons. The van der Waals surface area contributed by atoms with Crippen molar-refractivity contribution < 1.29 is 19.1 Å². The molecular weight excluding hydrogens is 262 g/mol. The predicted octanol–water partition coefficient (Wildman–Crippen LogP) is 1.39. The van der Waals surface area contributed by atoms with E-state index in [0.717, 1.165) is 0 Å². The largest absolute Gasteiger partial charge is 0.480 e. The van der Waals surface area contributed by atoms with Crippen molar-refractivity contribution in [1.82, 2.24) is 5.32 Å². The highest BCUT2D eigenvalue weighted by molar-refractivity contribution is 5.98. The lowest BCUT2D eigenvalue weighted by molar-refractivity contribution is -0.139. The van der Waals surface area contributed by atoms with Crippen molar-refractivity contribution in [2.75, 3.05) is 0 Å². The zero-order valence-corrected chi connectivity index (χ0v) is 10.8. The zero-order valence-electron chi connectivity index (χ0n) is 10.8. The van der Waals surface area contributed by atoms with Crippen LogP contribution in [-0.2, 0) is 4.79 Å². The Morgan fingerprint density at radius 1 is 1.35 bits per heavy atom. The summed E-state index contributed by atoms with van der Waals surface area (Å²) in [6, 6.07) is 7.13. The van der Waals surface area contributed by atoms with Crippen LogP contribution in [0.5, 0.6) is 0 Å². The van der Waals surface area contributed by atoms with Gasteiger partial charge in [-0.05, 0) is 18.6 Å². The second-order valence-electron chi connectivity index (χ2n) is 4.26. The topological polar surface area (TPSA) is 96.6 Å². The van der Waals surface area contributed by atoms with Crippen molar-refractivity contribution in [2.24, 2.45) is 0 Å². The predicted molar refractivity (Wildman–Crippen MR) is 71.7 cm³/mol. The van der Waals surface area contributed by atoms with Gasteiger partial charge < -0.3 is 14.8 Å². The fourth-order valence-corrected chi connectivity index (χ4v) is 1.79. The van der Waals surface area contributed by atoms with Gasteiger partial charge in [0.2, 0.25) is 0 Å². The number of benzene rings is 1. The van der Waals surface area contributed by atoms with Gasteiger partial charge in [-0.2, -0.15) is 0 Å². The molecule has 0 fully saturated rings. The first-order valence-electron chi connectivity index (χ1n) is 6.09. The summed E-state index contributed by atoms with van der Waals surface area (Å²) >= 11 is 0. The van der Waals surface area contributed by atoms with Crippen molar-refractivity contribution >= 4 is 22.8 Å². The SMILES string of the molecule is CC[C@H](NC(=O)c1cc2ccccc2oc1=O)C(=O)O. The molecule has 2 aromatic rings. The lowest BCUT2D eigenvalue weighted by Gasteiger charge is -2.11. The van der Waals surface area contributed by atoms with Gasteiger partial charge in [-0.25, -0.2) is 9.59 Å². The van der Waals surface area contributed by atoms with Crippen molar-refractivity contribution in [3.8, 4) is 0 Å². The van der Waals surface area contributed by atoms with Crippen LogP contribution in [-0.4, -0.2) is 23.0 Å². The van der Waals surface area contributed by atoms with Crippen molar-refractivity contribution in [3.05, 3.63) is 46.3 Å². The first-order valence-corrected chi connectivity index (χ1v) is 6.09. The van der Waals surface area contributed by atoms with Gasteiger partial charge in [-0.1, -0.05) is 25.1 Å². The Kier molecular flexibility index (Phi) is 3.84. The van der Waals surface area contributed by atoms with Crippen LogP contribution in [0.1, 0.15) is 23.7 Å². The highest BCUT2D eigenvalue weighted by Crippen LogP contribution is 2.12. The van der Waals surface area contributed by atoms with E-state index in [1.807, 2.05) is 0 Å². The molecule has 2 N–H and O–H groups in total. The highest BCUT2D eigenvalue weighted by Gasteiger charge is 2.21. The van der Waals surface area contributed by atoms with Crippen molar-refractivity contribution in [2.45, 2.75) is 19.4 Å². The monoisotopic (exact) mass is 275 g/mol. The number of nitrogens with one attached hydrogen (secondary N) is 1. The molecular formula is C14H13NO5. The summed E-state index contributed by atoms with van der Waals surface area (Å²) in [5.41, 5.74) is -0.621. The number of carbonyl (C=O) groups is 2. The minimum atomic E-state index is -1.15. The van der Waals surface area contributed by atoms with Gasteiger partial charge in [0.15, 0.2) is 0 Å². The van der Waals surface area contributed by atoms with Crippen LogP contribution in [0.2, 0.25) is 0 Å². The van der Waals surface area contributed by atoms with Gasteiger partial charge >= 0.3 is 11.6 Å². The number of hydrogen-bond donors (Lipinski definition) is 2. The maximum Gasteiger partial charge on any atom is 0.349 e. The Hall–Kier alpha value is -2.63. The van der Waals surface area contributed by atoms with Crippen LogP contribution >= 0.6 is 0 Å². The molecule has 1 amide bonds. The Morgan fingerprint density at radius 3 is 2.70 bits per heavy atom. The van der Waals surface area contributed by atoms with E-state index in [-0.39, 0.29) is 12.0 Å². The summed E-state index contributed by atoms with van der Waals surface area (Å²) in [6.07, 6.45) is 0.222. The molecule has 1 aromatic heterocycles. The summed E-state index contributed by atoms with van der Waals surface area (Å²) in [6.45, 7) is 1.63. The molecule has 0 unspecified atom stereocenters. The molecule has 104 valence electrons. The Labute approximate surface area is 114 Å². The maximum atomic E-state index is 11.9. The van der Waals surface area contributed by atoms with Crippen LogP contribution in [0.15, 0.2) is 39.5 Å². The van der Waals surface area contributed by atoms with Gasteiger partial charge in [-0.15, -0.1) is 0 Å². The van der Waals surface area contributed by atoms with Gasteiger partial charge in [0.05, 0.1) is 0 Å². The third-order valence-corrected chi connectivity index (χ3v) is 2.90. The van der Waals surface area contributed by atoms with Crippen LogP contribution in [0.3, 0.4) is 0 Å². The molecule has 2 rings (SSSR count). The molecule has 1 aromatic carbocycles. The van der Waals surface area contributed by atoms with Gasteiger partial charge in [0.25, 0.3) is 5.91 Å². The molecule has 0 bridgehead atoms. The number of carbonyl (C=O) groups excluding carboxylic acids is 1. The minimum absolute atomic E-state index is 0.205. The molecule has 6 heteroatoms. The number of para-hydroxylation sites is 1. The van der Waals surface area contributed by atoms with Crippen LogP contribution < -0.4 is 10.9 Å². The standard InChI is InChI=1S/C14H13NO5/c1-2-10(13(17)18)15-12(16)9-7-8-5-3-4-6-11(8)20-14(9)19/h3-7,10H,2H2,1H3,(H,15,16)(H,17,18)/t10-/m0/s1. The molecule has 20 heavy (non-hydrogen) atoms. The number of carboxylic acids is 1. The number of fused-ring (bicyclic) bond motifs is 1. The third-order valence-electron chi connectivity index (χ3n) is 2.90. The normalized spacial score (nSPS) is 12.1. The minimum Gasteiger partial charge on any atom is -0.480 e. The summed E-state index contributed by atoms with van der Waals surface area (Å²) in [5.74, 6) is -1.90. The Morgan fingerprint density at radius 2 is 2.05 bits per heavy atom. The Balaban J connectivity index is 2.37. The molecule has 0 saturated heterocycles. The smallest absolute Gasteiger partial charge is 0.349 e. The summed E-state index contributed by atoms with van der Waals surface area (Å²) in [7, 11) is 0. The fourth-order valence-electron chi connectivity index (χ4n) is 1.79. The molecule has 0 saturated carbocycles. The lowest BCUT2D eigenvalue weighted by Crippen LogP contribution is -2.41. The quantitative estimate of drug-likeness (QED) is 0.822. The molecule has 0 aliphatic heterocycles. The van der Waals surface area contributed by atoms with Crippen molar-refractivity contribution in [3.63, 3.8) is 0 Å². The molecule has 1 atom stereocenters. The van der Waals surface area contributed by atoms with Crippen LogP contribution in [0, 0.1) is 0 Å². The average Bonchev–Trinajstić information content (AvgIpc) is 2.43. The molecule has 0 spiro atoms. The second-order valence-corrected chi connectivity index (χ2v) is 4.26. The van der Waals surface area contributed by atoms with E-state index < -0.39 is 23.5 Å². The van der Waals surface area contributed by atoms with Gasteiger partial charge in [-0.3, -0.25) is 4.79 Å². The van der Waals surface area contributed by atoms with Gasteiger partial charge in [0, 0.05) is 5.39 Å². The number of hydrogen-bond acceptors (Lipinski definition) is 4.